The Kier molecular flexibility index (Phi) is 2.79. The zero-order valence-corrected chi connectivity index (χ0v) is 11.2. The number of aromatic nitrogens is 3. The summed E-state index contributed by atoms with van der Waals surface area (Å²) in [6, 6.07) is 8.43. The van der Waals surface area contributed by atoms with Crippen molar-refractivity contribution in [2.45, 2.75) is 0 Å². The van der Waals surface area contributed by atoms with Crippen molar-refractivity contribution < 1.29 is 0 Å². The van der Waals surface area contributed by atoms with Gasteiger partial charge in [-0.05, 0) is 40.2 Å². The number of halogens is 1. The smallest absolute Gasteiger partial charge is 0.305 e. The number of fused-ring (bicyclic) bond motifs is 1. The Morgan fingerprint density at radius 1 is 1.11 bits per heavy atom. The topological polar surface area (TPSA) is 67.8 Å². The summed E-state index contributed by atoms with van der Waals surface area (Å²) in [6.07, 6.45) is 3.07. The Balaban J connectivity index is 2.47. The van der Waals surface area contributed by atoms with Gasteiger partial charge < -0.3 is 4.98 Å². The van der Waals surface area contributed by atoms with Gasteiger partial charge in [0, 0.05) is 16.9 Å². The lowest BCUT2D eigenvalue weighted by molar-refractivity contribution is 0.898. The first-order chi connectivity index (χ1) is 9.18. The fourth-order valence-electron chi connectivity index (χ4n) is 1.93. The molecule has 5 nitrogen and oxygen atoms in total. The molecule has 1 aromatic carbocycles. The van der Waals surface area contributed by atoms with E-state index in [1.807, 2.05) is 0 Å². The van der Waals surface area contributed by atoms with Crippen LogP contribution in [0.15, 0.2) is 56.8 Å². The summed E-state index contributed by atoms with van der Waals surface area (Å²) in [7, 11) is 0. The fourth-order valence-corrected chi connectivity index (χ4v) is 2.40. The molecule has 0 aliphatic carbocycles. The maximum absolute atomic E-state index is 12.4. The van der Waals surface area contributed by atoms with Crippen LogP contribution in [0.1, 0.15) is 0 Å². The van der Waals surface area contributed by atoms with Crippen molar-refractivity contribution in [3.63, 3.8) is 0 Å². The molecule has 3 rings (SSSR count). The summed E-state index contributed by atoms with van der Waals surface area (Å²) in [5.41, 5.74) is 0.160. The lowest BCUT2D eigenvalue weighted by atomic mass is 10.2. The largest absolute Gasteiger partial charge is 0.333 e. The highest BCUT2D eigenvalue weighted by atomic mass is 79.9. The van der Waals surface area contributed by atoms with Crippen molar-refractivity contribution in [1.29, 1.82) is 0 Å². The van der Waals surface area contributed by atoms with Crippen LogP contribution in [-0.2, 0) is 0 Å². The number of hydrogen-bond donors (Lipinski definition) is 1. The van der Waals surface area contributed by atoms with Gasteiger partial charge in [-0.15, -0.1) is 0 Å². The zero-order chi connectivity index (χ0) is 13.4. The van der Waals surface area contributed by atoms with Crippen LogP contribution in [0.5, 0.6) is 0 Å². The number of aromatic amines is 1. The van der Waals surface area contributed by atoms with Gasteiger partial charge in [-0.2, -0.15) is 0 Å². The molecule has 1 N–H and O–H groups in total. The van der Waals surface area contributed by atoms with E-state index >= 15 is 0 Å². The number of nitrogens with zero attached hydrogens (tertiary/aromatic N) is 2. The highest BCUT2D eigenvalue weighted by Crippen LogP contribution is 2.18. The normalized spacial score (nSPS) is 10.8. The van der Waals surface area contributed by atoms with Crippen molar-refractivity contribution in [3.05, 3.63) is 68.0 Å². The molecule has 0 radical (unpaired) electrons. The summed E-state index contributed by atoms with van der Waals surface area (Å²) < 4.78 is 1.78. The van der Waals surface area contributed by atoms with E-state index < -0.39 is 5.69 Å². The first-order valence-corrected chi connectivity index (χ1v) is 6.32. The van der Waals surface area contributed by atoms with Crippen molar-refractivity contribution in [2.24, 2.45) is 0 Å². The Morgan fingerprint density at radius 3 is 2.58 bits per heavy atom. The van der Waals surface area contributed by atoms with Gasteiger partial charge in [-0.3, -0.25) is 9.78 Å². The molecule has 0 unspecified atom stereocenters. The molecular formula is C13H8BrN3O2. The third-order valence-corrected chi connectivity index (χ3v) is 3.46. The monoisotopic (exact) mass is 317 g/mol. The maximum atomic E-state index is 12.4. The predicted molar refractivity (Wildman–Crippen MR) is 75.7 cm³/mol. The minimum absolute atomic E-state index is 0.355. The molecule has 0 spiro atoms. The summed E-state index contributed by atoms with van der Waals surface area (Å²) >= 11 is 3.32. The number of pyridine rings is 1. The minimum atomic E-state index is -0.476. The summed E-state index contributed by atoms with van der Waals surface area (Å²) in [5, 5.41) is 0.450. The summed E-state index contributed by atoms with van der Waals surface area (Å²) in [4.78, 5) is 31.1. The standard InChI is InChI=1S/C13H8BrN3O2/c14-10-3-1-2-9-11(10)16-13(19)17(12(9)18)8-4-6-15-7-5-8/h1-7H,(H,16,19). The fraction of sp³-hybridized carbons (Fsp3) is 0. The molecule has 19 heavy (non-hydrogen) atoms. The predicted octanol–water partition coefficient (Wildman–Crippen LogP) is 1.84. The summed E-state index contributed by atoms with van der Waals surface area (Å²) in [6.45, 7) is 0. The van der Waals surface area contributed by atoms with Crippen molar-refractivity contribution >= 4 is 26.8 Å². The van der Waals surface area contributed by atoms with E-state index in [-0.39, 0.29) is 5.56 Å². The van der Waals surface area contributed by atoms with Gasteiger partial charge in [-0.25, -0.2) is 9.36 Å². The molecule has 0 atom stereocenters. The van der Waals surface area contributed by atoms with Crippen LogP contribution >= 0.6 is 15.9 Å². The van der Waals surface area contributed by atoms with Gasteiger partial charge in [0.05, 0.1) is 16.6 Å². The van der Waals surface area contributed by atoms with Crippen LogP contribution in [0, 0.1) is 0 Å². The third kappa shape index (κ3) is 1.90. The van der Waals surface area contributed by atoms with E-state index in [4.69, 9.17) is 0 Å². The number of para-hydroxylation sites is 1. The molecule has 3 aromatic rings. The molecule has 0 amide bonds. The first kappa shape index (κ1) is 11.9. The van der Waals surface area contributed by atoms with Gasteiger partial charge in [-0.1, -0.05) is 6.07 Å². The average Bonchev–Trinajstić information content (AvgIpc) is 2.41. The van der Waals surface area contributed by atoms with Gasteiger partial charge >= 0.3 is 5.69 Å². The SMILES string of the molecule is O=c1[nH]c2c(Br)cccc2c(=O)n1-c1ccncc1. The molecule has 2 aromatic heterocycles. The Bertz CT molecular complexity index is 868. The molecule has 0 aliphatic heterocycles. The van der Waals surface area contributed by atoms with Crippen molar-refractivity contribution in [1.82, 2.24) is 14.5 Å². The van der Waals surface area contributed by atoms with E-state index in [0.717, 1.165) is 4.57 Å². The molecule has 2 heterocycles. The molecule has 94 valence electrons. The van der Waals surface area contributed by atoms with Gasteiger partial charge in [0.2, 0.25) is 0 Å². The molecule has 0 aliphatic rings. The van der Waals surface area contributed by atoms with Gasteiger partial charge in [0.25, 0.3) is 5.56 Å². The van der Waals surface area contributed by atoms with E-state index in [1.165, 1.54) is 12.4 Å². The number of nitrogens with one attached hydrogen (secondary N) is 1. The molecule has 0 saturated carbocycles. The van der Waals surface area contributed by atoms with E-state index in [9.17, 15) is 9.59 Å². The first-order valence-electron chi connectivity index (χ1n) is 5.52. The Morgan fingerprint density at radius 2 is 1.84 bits per heavy atom. The van der Waals surface area contributed by atoms with Crippen LogP contribution in [0.3, 0.4) is 0 Å². The van der Waals surface area contributed by atoms with Crippen LogP contribution in [0.2, 0.25) is 0 Å². The van der Waals surface area contributed by atoms with Gasteiger partial charge in [0.1, 0.15) is 0 Å². The van der Waals surface area contributed by atoms with E-state index in [1.54, 1.807) is 30.3 Å². The molecule has 0 bridgehead atoms. The van der Waals surface area contributed by atoms with E-state index in [2.05, 4.69) is 25.9 Å². The summed E-state index contributed by atoms with van der Waals surface area (Å²) in [5.74, 6) is 0. The lowest BCUT2D eigenvalue weighted by Crippen LogP contribution is -2.33. The van der Waals surface area contributed by atoms with Crippen LogP contribution in [0.4, 0.5) is 0 Å². The second kappa shape index (κ2) is 4.47. The lowest BCUT2D eigenvalue weighted by Gasteiger charge is -2.06. The number of H-pyrrole nitrogens is 1. The second-order valence-corrected chi connectivity index (χ2v) is 4.79. The highest BCUT2D eigenvalue weighted by molar-refractivity contribution is 9.10. The Labute approximate surface area is 115 Å². The number of hydrogen-bond acceptors (Lipinski definition) is 3. The van der Waals surface area contributed by atoms with Crippen LogP contribution in [0.25, 0.3) is 16.6 Å². The average molecular weight is 318 g/mol. The molecule has 0 saturated heterocycles. The third-order valence-electron chi connectivity index (χ3n) is 2.80. The zero-order valence-electron chi connectivity index (χ0n) is 9.63. The highest BCUT2D eigenvalue weighted by Gasteiger charge is 2.10. The van der Waals surface area contributed by atoms with Crippen LogP contribution < -0.4 is 11.2 Å². The van der Waals surface area contributed by atoms with Gasteiger partial charge in [0.15, 0.2) is 0 Å². The Hall–Kier alpha value is -2.21. The second-order valence-electron chi connectivity index (χ2n) is 3.94. The van der Waals surface area contributed by atoms with Crippen LogP contribution in [-0.4, -0.2) is 14.5 Å². The minimum Gasteiger partial charge on any atom is -0.305 e. The number of rotatable bonds is 1. The molecule has 6 heteroatoms. The maximum Gasteiger partial charge on any atom is 0.333 e. The van der Waals surface area contributed by atoms with Crippen molar-refractivity contribution in [3.8, 4) is 5.69 Å². The van der Waals surface area contributed by atoms with E-state index in [0.29, 0.717) is 21.1 Å². The molecular weight excluding hydrogens is 310 g/mol. The molecule has 0 fully saturated rings. The quantitative estimate of drug-likeness (QED) is 0.744. The number of benzene rings is 1. The van der Waals surface area contributed by atoms with Crippen molar-refractivity contribution in [2.75, 3.05) is 0 Å².